The van der Waals surface area contributed by atoms with Crippen molar-refractivity contribution in [1.82, 2.24) is 14.3 Å². The normalized spacial score (nSPS) is 11.4. The summed E-state index contributed by atoms with van der Waals surface area (Å²) in [6.45, 7) is 3.25. The number of fused-ring (bicyclic) bond motifs is 1. The van der Waals surface area contributed by atoms with Crippen molar-refractivity contribution < 1.29 is 14.4 Å². The highest BCUT2D eigenvalue weighted by Crippen LogP contribution is 2.28. The molecule has 0 unspecified atom stereocenters. The van der Waals surface area contributed by atoms with Crippen LogP contribution >= 0.6 is 0 Å². The van der Waals surface area contributed by atoms with Crippen LogP contribution in [0.3, 0.4) is 0 Å². The van der Waals surface area contributed by atoms with Gasteiger partial charge in [0.1, 0.15) is 5.65 Å². The van der Waals surface area contributed by atoms with Gasteiger partial charge >= 0.3 is 0 Å². The first-order valence-electron chi connectivity index (χ1n) is 9.25. The standard InChI is InChI=1S/C20H25N5O4/c1-28-11-9-23(10-12-29-2)14-18-20(15-3-6-17(7-4-15)25(26)27)22-19-8-5-16(21)13-24(18)19/h3-8,13H,9-12,14,21H2,1-2H3. The van der Waals surface area contributed by atoms with Crippen LogP contribution in [0.15, 0.2) is 42.6 Å². The SMILES string of the molecule is COCCN(CCOC)Cc1c(-c2ccc([N+](=O)[O-])cc2)nc2ccc(N)cn12. The van der Waals surface area contributed by atoms with E-state index in [2.05, 4.69) is 4.90 Å². The number of aromatic nitrogens is 2. The van der Waals surface area contributed by atoms with E-state index < -0.39 is 4.92 Å². The van der Waals surface area contributed by atoms with Gasteiger partial charge in [0.25, 0.3) is 5.69 Å². The average Bonchev–Trinajstić information content (AvgIpc) is 3.07. The Morgan fingerprint density at radius 3 is 2.34 bits per heavy atom. The minimum Gasteiger partial charge on any atom is -0.398 e. The van der Waals surface area contributed by atoms with E-state index in [1.165, 1.54) is 12.1 Å². The number of nitrogen functional groups attached to an aromatic ring is 1. The summed E-state index contributed by atoms with van der Waals surface area (Å²) in [6.07, 6.45) is 1.84. The lowest BCUT2D eigenvalue weighted by molar-refractivity contribution is -0.384. The Morgan fingerprint density at radius 1 is 1.10 bits per heavy atom. The molecule has 0 atom stereocenters. The Balaban J connectivity index is 2.03. The van der Waals surface area contributed by atoms with E-state index in [-0.39, 0.29) is 5.69 Å². The summed E-state index contributed by atoms with van der Waals surface area (Å²) in [7, 11) is 3.34. The predicted molar refractivity (Wildman–Crippen MR) is 111 cm³/mol. The Kier molecular flexibility index (Phi) is 6.76. The molecule has 0 radical (unpaired) electrons. The molecule has 2 heterocycles. The number of nitrogens with two attached hydrogens (primary N) is 1. The summed E-state index contributed by atoms with van der Waals surface area (Å²) >= 11 is 0. The number of nitro benzene ring substituents is 1. The second-order valence-electron chi connectivity index (χ2n) is 6.66. The van der Waals surface area contributed by atoms with Crippen molar-refractivity contribution in [2.45, 2.75) is 6.54 Å². The van der Waals surface area contributed by atoms with Crippen molar-refractivity contribution in [2.24, 2.45) is 0 Å². The van der Waals surface area contributed by atoms with E-state index in [0.29, 0.717) is 25.4 Å². The van der Waals surface area contributed by atoms with Crippen molar-refractivity contribution in [3.8, 4) is 11.3 Å². The quantitative estimate of drug-likeness (QED) is 0.412. The molecule has 0 saturated heterocycles. The summed E-state index contributed by atoms with van der Waals surface area (Å²) in [5, 5.41) is 11.0. The topological polar surface area (TPSA) is 108 Å². The Labute approximate surface area is 168 Å². The van der Waals surface area contributed by atoms with Gasteiger partial charge in [0.15, 0.2) is 0 Å². The highest BCUT2D eigenvalue weighted by atomic mass is 16.6. The van der Waals surface area contributed by atoms with Crippen molar-refractivity contribution in [3.63, 3.8) is 0 Å². The molecule has 0 aliphatic carbocycles. The second-order valence-corrected chi connectivity index (χ2v) is 6.66. The van der Waals surface area contributed by atoms with Crippen molar-refractivity contribution in [1.29, 1.82) is 0 Å². The maximum absolute atomic E-state index is 11.0. The molecule has 0 spiro atoms. The number of rotatable bonds is 10. The van der Waals surface area contributed by atoms with Gasteiger partial charge in [-0.25, -0.2) is 4.98 Å². The van der Waals surface area contributed by atoms with E-state index in [9.17, 15) is 10.1 Å². The molecule has 0 amide bonds. The Hall–Kier alpha value is -3.01. The number of non-ortho nitro benzene ring substituents is 1. The smallest absolute Gasteiger partial charge is 0.269 e. The maximum atomic E-state index is 11.0. The van der Waals surface area contributed by atoms with Crippen LogP contribution in [0.4, 0.5) is 11.4 Å². The molecule has 3 rings (SSSR count). The minimum atomic E-state index is -0.410. The van der Waals surface area contributed by atoms with E-state index in [0.717, 1.165) is 35.7 Å². The highest BCUT2D eigenvalue weighted by Gasteiger charge is 2.18. The molecular weight excluding hydrogens is 374 g/mol. The number of anilines is 1. The number of pyridine rings is 1. The fourth-order valence-corrected chi connectivity index (χ4v) is 3.16. The van der Waals surface area contributed by atoms with Crippen LogP contribution in [-0.4, -0.2) is 59.7 Å². The molecular formula is C20H25N5O4. The van der Waals surface area contributed by atoms with E-state index in [1.807, 2.05) is 16.7 Å². The van der Waals surface area contributed by atoms with Crippen LogP contribution in [0.1, 0.15) is 5.69 Å². The molecule has 0 bridgehead atoms. The van der Waals surface area contributed by atoms with Crippen molar-refractivity contribution in [2.75, 3.05) is 46.3 Å². The largest absolute Gasteiger partial charge is 0.398 e. The van der Waals surface area contributed by atoms with Gasteiger partial charge in [-0.05, 0) is 24.3 Å². The van der Waals surface area contributed by atoms with E-state index in [1.54, 1.807) is 32.4 Å². The minimum absolute atomic E-state index is 0.0464. The predicted octanol–water partition coefficient (Wildman–Crippen LogP) is 2.59. The number of hydrogen-bond donors (Lipinski definition) is 1. The summed E-state index contributed by atoms with van der Waals surface area (Å²) in [6, 6.07) is 10.1. The zero-order chi connectivity index (χ0) is 20.8. The van der Waals surface area contributed by atoms with Crippen LogP contribution in [0.2, 0.25) is 0 Å². The highest BCUT2D eigenvalue weighted by molar-refractivity contribution is 5.68. The monoisotopic (exact) mass is 399 g/mol. The van der Waals surface area contributed by atoms with E-state index >= 15 is 0 Å². The molecule has 2 aromatic heterocycles. The third-order valence-electron chi connectivity index (χ3n) is 4.69. The van der Waals surface area contributed by atoms with Gasteiger partial charge in [0, 0.05) is 63.4 Å². The van der Waals surface area contributed by atoms with Gasteiger partial charge in [-0.2, -0.15) is 0 Å². The molecule has 3 aromatic rings. The van der Waals surface area contributed by atoms with Gasteiger partial charge in [-0.3, -0.25) is 15.0 Å². The van der Waals surface area contributed by atoms with Gasteiger partial charge < -0.3 is 19.6 Å². The van der Waals surface area contributed by atoms with Crippen LogP contribution in [0, 0.1) is 10.1 Å². The third kappa shape index (κ3) is 4.89. The Bertz CT molecular complexity index is 963. The zero-order valence-electron chi connectivity index (χ0n) is 16.6. The summed E-state index contributed by atoms with van der Waals surface area (Å²) < 4.78 is 12.5. The molecule has 9 heteroatoms. The summed E-state index contributed by atoms with van der Waals surface area (Å²) in [5.41, 5.74) is 9.98. The number of nitrogens with zero attached hydrogens (tertiary/aromatic N) is 4. The molecule has 0 fully saturated rings. The van der Waals surface area contributed by atoms with Crippen LogP contribution in [0.25, 0.3) is 16.9 Å². The summed E-state index contributed by atoms with van der Waals surface area (Å²) in [4.78, 5) is 17.5. The fraction of sp³-hybridized carbons (Fsp3) is 0.350. The van der Waals surface area contributed by atoms with Gasteiger partial charge in [0.05, 0.1) is 29.5 Å². The maximum Gasteiger partial charge on any atom is 0.269 e. The lowest BCUT2D eigenvalue weighted by Gasteiger charge is -2.22. The molecule has 0 aliphatic rings. The average molecular weight is 399 g/mol. The van der Waals surface area contributed by atoms with Crippen LogP contribution in [-0.2, 0) is 16.0 Å². The van der Waals surface area contributed by atoms with Crippen LogP contribution in [0.5, 0.6) is 0 Å². The lowest BCUT2D eigenvalue weighted by Crippen LogP contribution is -2.31. The number of hydrogen-bond acceptors (Lipinski definition) is 7. The summed E-state index contributed by atoms with van der Waals surface area (Å²) in [5.74, 6) is 0. The molecule has 9 nitrogen and oxygen atoms in total. The Morgan fingerprint density at radius 2 is 1.76 bits per heavy atom. The number of benzene rings is 1. The first-order chi connectivity index (χ1) is 14.0. The molecule has 0 saturated carbocycles. The number of imidazole rings is 1. The molecule has 2 N–H and O–H groups in total. The third-order valence-corrected chi connectivity index (χ3v) is 4.69. The van der Waals surface area contributed by atoms with Gasteiger partial charge in [0.2, 0.25) is 0 Å². The molecule has 1 aromatic carbocycles. The lowest BCUT2D eigenvalue weighted by atomic mass is 10.1. The number of ether oxygens (including phenoxy) is 2. The van der Waals surface area contributed by atoms with Gasteiger partial charge in [-0.15, -0.1) is 0 Å². The zero-order valence-corrected chi connectivity index (χ0v) is 16.6. The van der Waals surface area contributed by atoms with Crippen LogP contribution < -0.4 is 5.73 Å². The molecule has 154 valence electrons. The fourth-order valence-electron chi connectivity index (χ4n) is 3.16. The van der Waals surface area contributed by atoms with Crippen molar-refractivity contribution >= 4 is 17.0 Å². The number of nitro groups is 1. The first-order valence-corrected chi connectivity index (χ1v) is 9.25. The second kappa shape index (κ2) is 9.46. The molecule has 29 heavy (non-hydrogen) atoms. The number of methoxy groups -OCH3 is 2. The van der Waals surface area contributed by atoms with E-state index in [4.69, 9.17) is 20.2 Å². The first kappa shape index (κ1) is 20.7. The van der Waals surface area contributed by atoms with Crippen molar-refractivity contribution in [3.05, 3.63) is 58.4 Å². The van der Waals surface area contributed by atoms with Gasteiger partial charge in [-0.1, -0.05) is 0 Å². The molecule has 0 aliphatic heterocycles.